The quantitative estimate of drug-likeness (QED) is 0.654. The molecule has 0 fully saturated rings. The van der Waals surface area contributed by atoms with Crippen LogP contribution in [0.25, 0.3) is 6.08 Å². The standard InChI is InChI=1S/C9H14N2/c1-9(2,3)5-4-8-6-10-7-11-8/h4-7H,1-3H3,(H,10,11)/b5-4+. The van der Waals surface area contributed by atoms with E-state index < -0.39 is 0 Å². The number of hydrogen-bond acceptors (Lipinski definition) is 1. The van der Waals surface area contributed by atoms with Crippen LogP contribution in [0.1, 0.15) is 26.5 Å². The monoisotopic (exact) mass is 150 g/mol. The molecule has 0 aliphatic heterocycles. The second kappa shape index (κ2) is 2.91. The van der Waals surface area contributed by atoms with E-state index >= 15 is 0 Å². The predicted molar refractivity (Wildman–Crippen MR) is 47.1 cm³/mol. The molecule has 2 nitrogen and oxygen atoms in total. The van der Waals surface area contributed by atoms with Gasteiger partial charge in [-0.15, -0.1) is 0 Å². The van der Waals surface area contributed by atoms with Crippen molar-refractivity contribution in [3.05, 3.63) is 24.3 Å². The van der Waals surface area contributed by atoms with Crippen molar-refractivity contribution in [3.63, 3.8) is 0 Å². The first-order valence-corrected chi connectivity index (χ1v) is 3.76. The van der Waals surface area contributed by atoms with Crippen molar-refractivity contribution < 1.29 is 0 Å². The molecule has 1 aromatic heterocycles. The zero-order valence-corrected chi connectivity index (χ0v) is 7.26. The van der Waals surface area contributed by atoms with Crippen LogP contribution in [0.2, 0.25) is 0 Å². The van der Waals surface area contributed by atoms with Gasteiger partial charge in [0.25, 0.3) is 0 Å². The number of rotatable bonds is 1. The minimum atomic E-state index is 0.235. The van der Waals surface area contributed by atoms with E-state index in [0.717, 1.165) is 5.69 Å². The molecule has 0 spiro atoms. The summed E-state index contributed by atoms with van der Waals surface area (Å²) in [6.07, 6.45) is 7.73. The van der Waals surface area contributed by atoms with E-state index in [2.05, 4.69) is 36.8 Å². The van der Waals surface area contributed by atoms with Crippen molar-refractivity contribution in [2.45, 2.75) is 20.8 Å². The van der Waals surface area contributed by atoms with E-state index in [-0.39, 0.29) is 5.41 Å². The van der Waals surface area contributed by atoms with Gasteiger partial charge >= 0.3 is 0 Å². The van der Waals surface area contributed by atoms with E-state index in [4.69, 9.17) is 0 Å². The first-order valence-electron chi connectivity index (χ1n) is 3.76. The van der Waals surface area contributed by atoms with Crippen LogP contribution in [0.4, 0.5) is 0 Å². The maximum absolute atomic E-state index is 4.08. The summed E-state index contributed by atoms with van der Waals surface area (Å²) in [5.41, 5.74) is 1.22. The van der Waals surface area contributed by atoms with Crippen LogP contribution in [0.5, 0.6) is 0 Å². The number of aromatic amines is 1. The van der Waals surface area contributed by atoms with E-state index in [1.807, 2.05) is 12.3 Å². The Morgan fingerprint density at radius 3 is 2.64 bits per heavy atom. The molecular weight excluding hydrogens is 136 g/mol. The number of imidazole rings is 1. The summed E-state index contributed by atoms with van der Waals surface area (Å²) in [5, 5.41) is 0. The smallest absolute Gasteiger partial charge is 0.0927 e. The summed E-state index contributed by atoms with van der Waals surface area (Å²) in [5.74, 6) is 0. The Labute approximate surface area is 67.4 Å². The van der Waals surface area contributed by atoms with Gasteiger partial charge in [0.1, 0.15) is 0 Å². The molecule has 11 heavy (non-hydrogen) atoms. The van der Waals surface area contributed by atoms with Gasteiger partial charge < -0.3 is 4.98 Å². The molecule has 1 aromatic rings. The second-order valence-corrected chi connectivity index (χ2v) is 3.69. The summed E-state index contributed by atoms with van der Waals surface area (Å²) in [6, 6.07) is 0. The van der Waals surface area contributed by atoms with Gasteiger partial charge in [0, 0.05) is 6.20 Å². The molecule has 1 rings (SSSR count). The average molecular weight is 150 g/mol. The number of hydrogen-bond donors (Lipinski definition) is 1. The molecule has 0 unspecified atom stereocenters. The highest BCUT2D eigenvalue weighted by Crippen LogP contribution is 2.15. The van der Waals surface area contributed by atoms with Gasteiger partial charge in [0.15, 0.2) is 0 Å². The Morgan fingerprint density at radius 1 is 1.45 bits per heavy atom. The first-order chi connectivity index (χ1) is 5.08. The lowest BCUT2D eigenvalue weighted by atomic mass is 9.96. The van der Waals surface area contributed by atoms with Gasteiger partial charge in [-0.2, -0.15) is 0 Å². The van der Waals surface area contributed by atoms with Crippen LogP contribution >= 0.6 is 0 Å². The van der Waals surface area contributed by atoms with Crippen LogP contribution in [-0.4, -0.2) is 9.97 Å². The van der Waals surface area contributed by atoms with Gasteiger partial charge in [-0.25, -0.2) is 4.98 Å². The molecule has 0 radical (unpaired) electrons. The van der Waals surface area contributed by atoms with Gasteiger partial charge in [0.05, 0.1) is 12.0 Å². The third-order valence-electron chi connectivity index (χ3n) is 1.27. The highest BCUT2D eigenvalue weighted by molar-refractivity contribution is 5.43. The third kappa shape index (κ3) is 3.03. The molecule has 0 atom stereocenters. The Hall–Kier alpha value is -1.05. The van der Waals surface area contributed by atoms with E-state index in [0.29, 0.717) is 0 Å². The Morgan fingerprint density at radius 2 is 2.18 bits per heavy atom. The molecule has 0 saturated carbocycles. The van der Waals surface area contributed by atoms with E-state index in [1.54, 1.807) is 6.33 Å². The van der Waals surface area contributed by atoms with Crippen molar-refractivity contribution in [1.29, 1.82) is 0 Å². The molecule has 60 valence electrons. The fraction of sp³-hybridized carbons (Fsp3) is 0.444. The molecule has 0 aliphatic carbocycles. The number of nitrogens with one attached hydrogen (secondary N) is 1. The fourth-order valence-corrected chi connectivity index (χ4v) is 0.698. The molecule has 1 heterocycles. The molecule has 0 aromatic carbocycles. The number of allylic oxidation sites excluding steroid dienone is 1. The van der Waals surface area contributed by atoms with Crippen molar-refractivity contribution in [2.24, 2.45) is 5.41 Å². The van der Waals surface area contributed by atoms with Gasteiger partial charge in [-0.05, 0) is 11.5 Å². The third-order valence-corrected chi connectivity index (χ3v) is 1.27. The normalized spacial score (nSPS) is 12.6. The lowest BCUT2D eigenvalue weighted by Gasteiger charge is -2.10. The summed E-state index contributed by atoms with van der Waals surface area (Å²) in [7, 11) is 0. The van der Waals surface area contributed by atoms with E-state index in [1.165, 1.54) is 0 Å². The topological polar surface area (TPSA) is 28.7 Å². The lowest BCUT2D eigenvalue weighted by Crippen LogP contribution is -1.97. The van der Waals surface area contributed by atoms with Crippen LogP contribution in [0.15, 0.2) is 18.6 Å². The van der Waals surface area contributed by atoms with Gasteiger partial charge in [-0.3, -0.25) is 0 Å². The number of H-pyrrole nitrogens is 1. The Balaban J connectivity index is 2.63. The van der Waals surface area contributed by atoms with Crippen LogP contribution in [0, 0.1) is 5.41 Å². The Bertz CT molecular complexity index is 227. The summed E-state index contributed by atoms with van der Waals surface area (Å²) >= 11 is 0. The summed E-state index contributed by atoms with van der Waals surface area (Å²) < 4.78 is 0. The lowest BCUT2D eigenvalue weighted by molar-refractivity contribution is 0.547. The zero-order valence-electron chi connectivity index (χ0n) is 7.26. The van der Waals surface area contributed by atoms with Gasteiger partial charge in [0.2, 0.25) is 0 Å². The highest BCUT2D eigenvalue weighted by Gasteiger charge is 2.03. The summed E-state index contributed by atoms with van der Waals surface area (Å²) in [4.78, 5) is 6.98. The largest absolute Gasteiger partial charge is 0.351 e. The van der Waals surface area contributed by atoms with Crippen molar-refractivity contribution in [3.8, 4) is 0 Å². The minimum absolute atomic E-state index is 0.235. The highest BCUT2D eigenvalue weighted by atomic mass is 14.8. The summed E-state index contributed by atoms with van der Waals surface area (Å²) in [6.45, 7) is 6.49. The Kier molecular flexibility index (Phi) is 2.13. The average Bonchev–Trinajstić information content (AvgIpc) is 2.32. The number of nitrogens with zero attached hydrogens (tertiary/aromatic N) is 1. The maximum Gasteiger partial charge on any atom is 0.0927 e. The van der Waals surface area contributed by atoms with Crippen LogP contribution in [-0.2, 0) is 0 Å². The van der Waals surface area contributed by atoms with Crippen molar-refractivity contribution in [1.82, 2.24) is 9.97 Å². The minimum Gasteiger partial charge on any atom is -0.351 e. The predicted octanol–water partition coefficient (Wildman–Crippen LogP) is 2.47. The molecule has 0 bridgehead atoms. The fourth-order valence-electron chi connectivity index (χ4n) is 0.698. The van der Waals surface area contributed by atoms with Gasteiger partial charge in [-0.1, -0.05) is 26.8 Å². The SMILES string of the molecule is CC(C)(C)/C=C/c1c[nH]cn1. The molecule has 2 heteroatoms. The molecule has 0 amide bonds. The van der Waals surface area contributed by atoms with E-state index in [9.17, 15) is 0 Å². The van der Waals surface area contributed by atoms with Crippen molar-refractivity contribution >= 4 is 6.08 Å². The molecule has 1 N–H and O–H groups in total. The van der Waals surface area contributed by atoms with Crippen LogP contribution in [0.3, 0.4) is 0 Å². The molecule has 0 saturated heterocycles. The van der Waals surface area contributed by atoms with Crippen molar-refractivity contribution in [2.75, 3.05) is 0 Å². The maximum atomic E-state index is 4.08. The molecule has 0 aliphatic rings. The van der Waals surface area contributed by atoms with Crippen LogP contribution < -0.4 is 0 Å². The molecular formula is C9H14N2. The number of aromatic nitrogens is 2. The second-order valence-electron chi connectivity index (χ2n) is 3.69. The first kappa shape index (κ1) is 8.05. The zero-order chi connectivity index (χ0) is 8.32.